The summed E-state index contributed by atoms with van der Waals surface area (Å²) in [6.45, 7) is 2.18. The molecule has 0 saturated carbocycles. The molecule has 32 valence electrons. The third kappa shape index (κ3) is 5.13. The molecule has 0 saturated heterocycles. The van der Waals surface area contributed by atoms with E-state index in [1.807, 2.05) is 21.2 Å². The zero-order valence-corrected chi connectivity index (χ0v) is 5.95. The van der Waals surface area contributed by atoms with E-state index in [-0.39, 0.29) is 0 Å². The fourth-order valence-electron chi connectivity index (χ4n) is 0.0833. The maximum absolute atomic E-state index is 2.18. The Morgan fingerprint density at radius 2 is 2.20 bits per heavy atom. The van der Waals surface area contributed by atoms with Crippen LogP contribution in [0, 0.1) is 0 Å². The first-order chi connectivity index (χ1) is 2.41. The second kappa shape index (κ2) is 5.13. The van der Waals surface area contributed by atoms with E-state index >= 15 is 0 Å². The normalized spacial score (nSPS) is 10.8. The van der Waals surface area contributed by atoms with Crippen LogP contribution in [0.1, 0.15) is 0 Å². The Labute approximate surface area is 42.4 Å². The molecule has 0 radical (unpaired) electrons. The Morgan fingerprint density at radius 3 is 2.20 bits per heavy atom. The van der Waals surface area contributed by atoms with E-state index in [2.05, 4.69) is 12.9 Å². The van der Waals surface area contributed by atoms with Gasteiger partial charge in [0.2, 0.25) is 0 Å². The molecule has 0 fully saturated rings. The van der Waals surface area contributed by atoms with Crippen molar-refractivity contribution in [2.75, 3.05) is 12.9 Å². The van der Waals surface area contributed by atoms with Gasteiger partial charge in [-0.15, -0.1) is 0 Å². The largest absolute Gasteiger partial charge is 0.0933 e. The summed E-state index contributed by atoms with van der Waals surface area (Å²) in [6.07, 6.45) is 2.10. The molecule has 0 aromatic carbocycles. The molecule has 3 heteroatoms. The highest BCUT2D eigenvalue weighted by molar-refractivity contribution is 8.96. The van der Waals surface area contributed by atoms with Crippen molar-refractivity contribution in [2.45, 2.75) is 0 Å². The van der Waals surface area contributed by atoms with E-state index in [1.165, 1.54) is 0 Å². The second-order valence-corrected chi connectivity index (χ2v) is 5.59. The van der Waals surface area contributed by atoms with E-state index in [1.54, 1.807) is 0 Å². The van der Waals surface area contributed by atoms with Crippen molar-refractivity contribution in [1.82, 2.24) is 0 Å². The van der Waals surface area contributed by atoms with Gasteiger partial charge in [0.15, 0.2) is 0 Å². The lowest BCUT2D eigenvalue weighted by Gasteiger charge is -1.80. The van der Waals surface area contributed by atoms with Crippen LogP contribution in [-0.2, 0) is 0 Å². The van der Waals surface area contributed by atoms with Crippen molar-refractivity contribution >= 4 is 29.0 Å². The summed E-state index contributed by atoms with van der Waals surface area (Å²) in [4.78, 5) is 0. The Bertz CT molecular complexity index is 15.1. The molecule has 0 rings (SSSR count). The second-order valence-electron chi connectivity index (χ2n) is 0.454. The van der Waals surface area contributed by atoms with Crippen molar-refractivity contribution in [3.05, 3.63) is 0 Å². The zero-order chi connectivity index (χ0) is 4.12. The summed E-state index contributed by atoms with van der Waals surface area (Å²) >= 11 is 0. The fraction of sp³-hybridized carbons (Fsp3) is 1.00. The van der Waals surface area contributed by atoms with Crippen LogP contribution in [0.15, 0.2) is 0 Å². The molecule has 0 aromatic heterocycles. The van der Waals surface area contributed by atoms with E-state index in [4.69, 9.17) is 0 Å². The Balaban J connectivity index is 2.19. The molecule has 1 atom stereocenters. The molecule has 0 nitrogen and oxygen atoms in total. The first kappa shape index (κ1) is 6.13. The first-order valence-electron chi connectivity index (χ1n) is 1.28. The monoisotopic (exact) mass is 126 g/mol. The van der Waals surface area contributed by atoms with Gasteiger partial charge in [0, 0.05) is 0 Å². The molecule has 0 amide bonds. The lowest BCUT2D eigenvalue weighted by atomic mass is 12.0. The molecular weight excluding hydrogens is 119 g/mol. The summed E-state index contributed by atoms with van der Waals surface area (Å²) in [5.74, 6) is 0. The highest BCUT2D eigenvalue weighted by atomic mass is 33.3. The van der Waals surface area contributed by atoms with Crippen molar-refractivity contribution in [3.8, 4) is 0 Å². The lowest BCUT2D eigenvalue weighted by Crippen LogP contribution is -1.26. The van der Waals surface area contributed by atoms with Crippen molar-refractivity contribution in [1.29, 1.82) is 0 Å². The van der Waals surface area contributed by atoms with E-state index in [0.29, 0.717) is 0 Å². The maximum atomic E-state index is 2.18. The number of rotatable bonds is 2. The predicted octanol–water partition coefficient (Wildman–Crippen LogP) is 2.22. The molecule has 1 unspecified atom stereocenters. The smallest absolute Gasteiger partial charge is 0.00760 e. The van der Waals surface area contributed by atoms with Crippen LogP contribution in [0.5, 0.6) is 0 Å². The van der Waals surface area contributed by atoms with Crippen molar-refractivity contribution in [3.63, 3.8) is 0 Å². The molecule has 0 aliphatic rings. The minimum atomic E-state index is 1.04. The van der Waals surface area contributed by atoms with Crippen molar-refractivity contribution < 1.29 is 0 Å². The summed E-state index contributed by atoms with van der Waals surface area (Å²) in [5, 5.41) is 0. The standard InChI is InChI=1S/C2H7PS2/c1-3-5-4-2/h3H,1-2H3. The highest BCUT2D eigenvalue weighted by Gasteiger charge is 1.67. The minimum absolute atomic E-state index is 1.04. The first-order valence-corrected chi connectivity index (χ1v) is 6.06. The molecule has 5 heavy (non-hydrogen) atoms. The van der Waals surface area contributed by atoms with Crippen LogP contribution < -0.4 is 0 Å². The van der Waals surface area contributed by atoms with Crippen LogP contribution in [0.3, 0.4) is 0 Å². The predicted molar refractivity (Wildman–Crippen MR) is 35.3 cm³/mol. The molecule has 0 aliphatic carbocycles. The van der Waals surface area contributed by atoms with Gasteiger partial charge in [0.1, 0.15) is 0 Å². The van der Waals surface area contributed by atoms with E-state index in [9.17, 15) is 0 Å². The van der Waals surface area contributed by atoms with Gasteiger partial charge >= 0.3 is 0 Å². The van der Waals surface area contributed by atoms with Gasteiger partial charge in [-0.1, -0.05) is 29.0 Å². The molecule has 0 aliphatic heterocycles. The summed E-state index contributed by atoms with van der Waals surface area (Å²) in [7, 11) is 4.78. The molecule has 0 N–H and O–H groups in total. The SMILES string of the molecule is CPSSC. The molecular formula is C2H7PS2. The third-order valence-electron chi connectivity index (χ3n) is 0.167. The quantitative estimate of drug-likeness (QED) is 0.411. The number of hydrogen-bond acceptors (Lipinski definition) is 2. The average molecular weight is 126 g/mol. The van der Waals surface area contributed by atoms with Crippen LogP contribution >= 0.6 is 29.0 Å². The number of hydrogen-bond donors (Lipinski definition) is 0. The van der Waals surface area contributed by atoms with Gasteiger partial charge in [-0.3, -0.25) is 0 Å². The summed E-state index contributed by atoms with van der Waals surface area (Å²) in [5.41, 5.74) is 0. The van der Waals surface area contributed by atoms with Crippen LogP contribution in [0.2, 0.25) is 0 Å². The summed E-state index contributed by atoms with van der Waals surface area (Å²) in [6, 6.07) is 0. The Kier molecular flexibility index (Phi) is 6.29. The van der Waals surface area contributed by atoms with Gasteiger partial charge < -0.3 is 0 Å². The van der Waals surface area contributed by atoms with Gasteiger partial charge in [0.25, 0.3) is 0 Å². The molecule has 0 bridgehead atoms. The topological polar surface area (TPSA) is 0 Å². The Hall–Kier alpha value is 1.13. The Morgan fingerprint density at radius 1 is 1.60 bits per heavy atom. The minimum Gasteiger partial charge on any atom is -0.0933 e. The molecule has 0 aromatic rings. The fourth-order valence-corrected chi connectivity index (χ4v) is 2.25. The maximum Gasteiger partial charge on any atom is -0.00760 e. The van der Waals surface area contributed by atoms with Gasteiger partial charge in [-0.25, -0.2) is 0 Å². The molecule has 0 heterocycles. The molecule has 0 spiro atoms. The lowest BCUT2D eigenvalue weighted by molar-refractivity contribution is 2.51. The highest BCUT2D eigenvalue weighted by Crippen LogP contribution is 2.34. The van der Waals surface area contributed by atoms with Crippen LogP contribution in [0.4, 0.5) is 0 Å². The zero-order valence-electron chi connectivity index (χ0n) is 3.32. The third-order valence-corrected chi connectivity index (χ3v) is 4.50. The van der Waals surface area contributed by atoms with Crippen LogP contribution in [0.25, 0.3) is 0 Å². The van der Waals surface area contributed by atoms with E-state index < -0.39 is 0 Å². The van der Waals surface area contributed by atoms with E-state index in [0.717, 1.165) is 7.78 Å². The summed E-state index contributed by atoms with van der Waals surface area (Å²) < 4.78 is 0. The van der Waals surface area contributed by atoms with Gasteiger partial charge in [-0.2, -0.15) is 0 Å². The van der Waals surface area contributed by atoms with Gasteiger partial charge in [0.05, 0.1) is 0 Å². The van der Waals surface area contributed by atoms with Crippen LogP contribution in [-0.4, -0.2) is 12.9 Å². The van der Waals surface area contributed by atoms with Crippen molar-refractivity contribution in [2.24, 2.45) is 0 Å². The van der Waals surface area contributed by atoms with Gasteiger partial charge in [-0.05, 0) is 12.9 Å². The average Bonchev–Trinajstić information content (AvgIpc) is 1.41.